The molecule has 2 aromatic carbocycles. The lowest BCUT2D eigenvalue weighted by Gasteiger charge is -2.11. The third-order valence-corrected chi connectivity index (χ3v) is 2.60. The Morgan fingerprint density at radius 2 is 1.06 bits per heavy atom. The van der Waals surface area contributed by atoms with E-state index < -0.39 is 0 Å². The largest absolute Gasteiger partial charge is 0.307 e. The van der Waals surface area contributed by atoms with Gasteiger partial charge in [-0.15, -0.1) is 0 Å². The number of hydrogen-bond donors (Lipinski definition) is 0. The van der Waals surface area contributed by atoms with Gasteiger partial charge in [-0.05, 0) is 11.1 Å². The van der Waals surface area contributed by atoms with Crippen molar-refractivity contribution in [3.63, 3.8) is 0 Å². The fourth-order valence-corrected chi connectivity index (χ4v) is 1.68. The third kappa shape index (κ3) is 3.06. The Labute approximate surface area is 96.8 Å². The van der Waals surface area contributed by atoms with E-state index in [1.165, 1.54) is 11.1 Å². The number of carbonyl (C=O) groups is 1. The van der Waals surface area contributed by atoms with Crippen LogP contribution in [0.25, 0.3) is 0 Å². The van der Waals surface area contributed by atoms with Gasteiger partial charge in [-0.2, -0.15) is 0 Å². The lowest BCUT2D eigenvalue weighted by atomic mass is 9.93. The van der Waals surface area contributed by atoms with Crippen LogP contribution in [0.15, 0.2) is 60.7 Å². The maximum Gasteiger partial charge on any atom is 0.106 e. The zero-order valence-electron chi connectivity index (χ0n) is 9.47. The summed E-state index contributed by atoms with van der Waals surface area (Å²) in [4.78, 5) is 8.00. The average Bonchev–Trinajstić information content (AvgIpc) is 2.42. The summed E-state index contributed by atoms with van der Waals surface area (Å²) in [7, 11) is 0. The van der Waals surface area contributed by atoms with Crippen LogP contribution in [-0.4, -0.2) is 6.79 Å². The van der Waals surface area contributed by atoms with Gasteiger partial charge < -0.3 is 4.79 Å². The molecule has 0 heterocycles. The Morgan fingerprint density at radius 1 is 0.750 bits per heavy atom. The maximum atomic E-state index is 8.00. The quantitative estimate of drug-likeness (QED) is 0.742. The van der Waals surface area contributed by atoms with Gasteiger partial charge in [0.15, 0.2) is 0 Å². The van der Waals surface area contributed by atoms with Gasteiger partial charge in [0.2, 0.25) is 0 Å². The van der Waals surface area contributed by atoms with Gasteiger partial charge in [0.25, 0.3) is 0 Å². The number of rotatable bonds is 2. The van der Waals surface area contributed by atoms with Crippen LogP contribution in [0.4, 0.5) is 0 Å². The van der Waals surface area contributed by atoms with E-state index in [9.17, 15) is 0 Å². The van der Waals surface area contributed by atoms with Gasteiger partial charge >= 0.3 is 0 Å². The van der Waals surface area contributed by atoms with Crippen molar-refractivity contribution in [2.45, 2.75) is 12.8 Å². The first-order valence-electron chi connectivity index (χ1n) is 5.26. The molecule has 0 aliphatic heterocycles. The average molecular weight is 212 g/mol. The van der Waals surface area contributed by atoms with Crippen molar-refractivity contribution in [2.24, 2.45) is 0 Å². The van der Waals surface area contributed by atoms with E-state index in [4.69, 9.17) is 4.79 Å². The van der Waals surface area contributed by atoms with Gasteiger partial charge in [-0.25, -0.2) is 0 Å². The monoisotopic (exact) mass is 212 g/mol. The fourth-order valence-electron chi connectivity index (χ4n) is 1.68. The molecule has 0 amide bonds. The van der Waals surface area contributed by atoms with Crippen LogP contribution in [0, 0.1) is 0 Å². The second-order valence-corrected chi connectivity index (χ2v) is 3.54. The number of carbonyl (C=O) groups excluding carboxylic acids is 1. The summed E-state index contributed by atoms with van der Waals surface area (Å²) in [6.45, 7) is 4.24. The summed E-state index contributed by atoms with van der Waals surface area (Å²) in [6, 6.07) is 21.2. The van der Waals surface area contributed by atoms with E-state index in [0.717, 1.165) is 0 Å². The zero-order chi connectivity index (χ0) is 11.8. The molecule has 0 aromatic heterocycles. The van der Waals surface area contributed by atoms with Crippen molar-refractivity contribution in [3.05, 3.63) is 71.8 Å². The summed E-state index contributed by atoms with van der Waals surface area (Å²) in [5, 5.41) is 0. The zero-order valence-corrected chi connectivity index (χ0v) is 9.47. The minimum atomic E-state index is 0.484. The molecular weight excluding hydrogens is 196 g/mol. The summed E-state index contributed by atoms with van der Waals surface area (Å²) >= 11 is 0. The standard InChI is InChI=1S/C14H14.CH2O/c1-12(13-8-4-2-5-9-13)14-10-6-3-7-11-14;1-2/h2-12H,1H3;1H2. The van der Waals surface area contributed by atoms with Gasteiger partial charge in [-0.1, -0.05) is 67.6 Å². The van der Waals surface area contributed by atoms with Gasteiger partial charge in [0.1, 0.15) is 6.79 Å². The fraction of sp³-hybridized carbons (Fsp3) is 0.133. The molecule has 2 aromatic rings. The molecule has 0 fully saturated rings. The van der Waals surface area contributed by atoms with E-state index in [1.54, 1.807) is 0 Å². The van der Waals surface area contributed by atoms with Gasteiger partial charge in [0.05, 0.1) is 0 Å². The van der Waals surface area contributed by atoms with Crippen molar-refractivity contribution < 1.29 is 4.79 Å². The van der Waals surface area contributed by atoms with Crippen LogP contribution in [0.2, 0.25) is 0 Å². The Bertz CT molecular complexity index is 355. The summed E-state index contributed by atoms with van der Waals surface area (Å²) in [5.41, 5.74) is 2.75. The predicted molar refractivity (Wildman–Crippen MR) is 67.5 cm³/mol. The molecule has 0 spiro atoms. The molecule has 0 bridgehead atoms. The second-order valence-electron chi connectivity index (χ2n) is 3.54. The molecule has 0 aliphatic rings. The number of benzene rings is 2. The SMILES string of the molecule is C=O.CC(c1ccccc1)c1ccccc1. The first-order valence-corrected chi connectivity index (χ1v) is 5.26. The molecule has 1 heteroatoms. The molecule has 0 saturated carbocycles. The third-order valence-electron chi connectivity index (χ3n) is 2.60. The molecule has 0 radical (unpaired) electrons. The summed E-state index contributed by atoms with van der Waals surface area (Å²) < 4.78 is 0. The van der Waals surface area contributed by atoms with Crippen LogP contribution in [0.5, 0.6) is 0 Å². The minimum Gasteiger partial charge on any atom is -0.307 e. The van der Waals surface area contributed by atoms with Crippen LogP contribution in [0.3, 0.4) is 0 Å². The van der Waals surface area contributed by atoms with Crippen LogP contribution < -0.4 is 0 Å². The van der Waals surface area contributed by atoms with Crippen molar-refractivity contribution >= 4 is 6.79 Å². The lowest BCUT2D eigenvalue weighted by molar-refractivity contribution is -0.0979. The first kappa shape index (κ1) is 12.2. The molecule has 0 N–H and O–H groups in total. The van der Waals surface area contributed by atoms with E-state index in [2.05, 4.69) is 67.6 Å². The molecule has 82 valence electrons. The Hall–Kier alpha value is -1.89. The van der Waals surface area contributed by atoms with Crippen molar-refractivity contribution in [3.8, 4) is 0 Å². The molecular formula is C15H16O. The van der Waals surface area contributed by atoms with Gasteiger partial charge in [0, 0.05) is 5.92 Å². The highest BCUT2D eigenvalue weighted by Gasteiger charge is 2.05. The molecule has 1 nitrogen and oxygen atoms in total. The predicted octanol–water partition coefficient (Wildman–Crippen LogP) is 3.65. The summed E-state index contributed by atoms with van der Waals surface area (Å²) in [5.74, 6) is 0.484. The van der Waals surface area contributed by atoms with E-state index in [-0.39, 0.29) is 0 Å². The minimum absolute atomic E-state index is 0.484. The van der Waals surface area contributed by atoms with Crippen LogP contribution >= 0.6 is 0 Å². The molecule has 0 unspecified atom stereocenters. The van der Waals surface area contributed by atoms with E-state index in [0.29, 0.717) is 5.92 Å². The Morgan fingerprint density at radius 3 is 1.38 bits per heavy atom. The molecule has 0 saturated heterocycles. The van der Waals surface area contributed by atoms with Crippen molar-refractivity contribution in [1.29, 1.82) is 0 Å². The normalized spacial score (nSPS) is 9.38. The first-order chi connectivity index (χ1) is 7.88. The van der Waals surface area contributed by atoms with Crippen molar-refractivity contribution in [1.82, 2.24) is 0 Å². The lowest BCUT2D eigenvalue weighted by Crippen LogP contribution is -1.94. The topological polar surface area (TPSA) is 17.1 Å². The highest BCUT2D eigenvalue weighted by molar-refractivity contribution is 5.31. The molecule has 16 heavy (non-hydrogen) atoms. The molecule has 2 rings (SSSR count). The van der Waals surface area contributed by atoms with Crippen molar-refractivity contribution in [2.75, 3.05) is 0 Å². The van der Waals surface area contributed by atoms with Gasteiger partial charge in [-0.3, -0.25) is 0 Å². The Balaban J connectivity index is 0.000000606. The molecule has 0 atom stereocenters. The van der Waals surface area contributed by atoms with Crippen LogP contribution in [-0.2, 0) is 4.79 Å². The van der Waals surface area contributed by atoms with Crippen LogP contribution in [0.1, 0.15) is 24.0 Å². The Kier molecular flexibility index (Phi) is 5.00. The van der Waals surface area contributed by atoms with E-state index in [1.807, 2.05) is 6.79 Å². The molecule has 0 aliphatic carbocycles. The highest BCUT2D eigenvalue weighted by Crippen LogP contribution is 2.22. The second kappa shape index (κ2) is 6.57. The maximum absolute atomic E-state index is 8.00. The van der Waals surface area contributed by atoms with E-state index >= 15 is 0 Å². The smallest absolute Gasteiger partial charge is 0.106 e. The highest BCUT2D eigenvalue weighted by atomic mass is 16.1. The number of hydrogen-bond acceptors (Lipinski definition) is 1. The summed E-state index contributed by atoms with van der Waals surface area (Å²) in [6.07, 6.45) is 0.